The minimum atomic E-state index is 0.416. The predicted octanol–water partition coefficient (Wildman–Crippen LogP) is 2.58. The maximum atomic E-state index is 5.88. The smallest absolute Gasteiger partial charge is 0.0948 e. The van der Waals surface area contributed by atoms with Gasteiger partial charge in [0.25, 0.3) is 0 Å². The number of hydrogen-bond acceptors (Lipinski definition) is 3. The van der Waals surface area contributed by atoms with E-state index >= 15 is 0 Å². The highest BCUT2D eigenvalue weighted by atomic mass is 32.2. The van der Waals surface area contributed by atoms with Crippen LogP contribution in [0.25, 0.3) is 0 Å². The van der Waals surface area contributed by atoms with Gasteiger partial charge in [0.05, 0.1) is 6.33 Å². The summed E-state index contributed by atoms with van der Waals surface area (Å²) in [7, 11) is 0. The van der Waals surface area contributed by atoms with Crippen molar-refractivity contribution in [2.24, 2.45) is 17.6 Å². The van der Waals surface area contributed by atoms with Gasteiger partial charge in [-0.3, -0.25) is 0 Å². The van der Waals surface area contributed by atoms with Gasteiger partial charge in [-0.05, 0) is 23.8 Å². The van der Waals surface area contributed by atoms with E-state index in [1.165, 1.54) is 11.4 Å². The van der Waals surface area contributed by atoms with Gasteiger partial charge in [0, 0.05) is 30.9 Å². The van der Waals surface area contributed by atoms with E-state index in [1.807, 2.05) is 24.3 Å². The van der Waals surface area contributed by atoms with Crippen molar-refractivity contribution >= 4 is 11.8 Å². The minimum Gasteiger partial charge on any atom is -0.334 e. The topological polar surface area (TPSA) is 43.8 Å². The zero-order chi connectivity index (χ0) is 12.8. The molecule has 0 radical (unpaired) electrons. The first kappa shape index (κ1) is 14.6. The number of thioether (sulfide) groups is 1. The molecule has 0 saturated carbocycles. The third-order valence-corrected chi connectivity index (χ3v) is 4.04. The van der Waals surface area contributed by atoms with Crippen LogP contribution in [0.4, 0.5) is 0 Å². The van der Waals surface area contributed by atoms with Gasteiger partial charge in [0.1, 0.15) is 0 Å². The molecule has 2 N–H and O–H groups in total. The normalized spacial score (nSPS) is 15.2. The average Bonchev–Trinajstić information content (AvgIpc) is 2.67. The summed E-state index contributed by atoms with van der Waals surface area (Å²) in [6, 6.07) is 0. The van der Waals surface area contributed by atoms with E-state index in [4.69, 9.17) is 5.73 Å². The van der Waals surface area contributed by atoms with Gasteiger partial charge in [-0.2, -0.15) is 11.8 Å². The van der Waals surface area contributed by atoms with Crippen LogP contribution in [0.15, 0.2) is 12.5 Å². The van der Waals surface area contributed by atoms with Gasteiger partial charge in [0.2, 0.25) is 0 Å². The lowest BCUT2D eigenvalue weighted by molar-refractivity contribution is 0.447. The SMILES string of the molecule is CSCC(C)Cn1cncc1C(CN)C(C)C. The molecule has 2 unspecified atom stereocenters. The molecule has 3 nitrogen and oxygen atoms in total. The quantitative estimate of drug-likeness (QED) is 0.814. The molecule has 98 valence electrons. The Morgan fingerprint density at radius 1 is 1.41 bits per heavy atom. The number of hydrogen-bond donors (Lipinski definition) is 1. The van der Waals surface area contributed by atoms with Gasteiger partial charge in [-0.25, -0.2) is 4.98 Å². The molecule has 1 heterocycles. The molecule has 0 amide bonds. The molecule has 4 heteroatoms. The number of imidazole rings is 1. The monoisotopic (exact) mass is 255 g/mol. The second kappa shape index (κ2) is 7.07. The van der Waals surface area contributed by atoms with Crippen molar-refractivity contribution in [3.8, 4) is 0 Å². The van der Waals surface area contributed by atoms with Crippen LogP contribution in [0.1, 0.15) is 32.4 Å². The molecule has 0 aromatic carbocycles. The van der Waals surface area contributed by atoms with Gasteiger partial charge >= 0.3 is 0 Å². The number of nitrogens with two attached hydrogens (primary N) is 1. The Bertz CT molecular complexity index is 322. The van der Waals surface area contributed by atoms with Crippen molar-refractivity contribution < 1.29 is 0 Å². The van der Waals surface area contributed by atoms with Gasteiger partial charge in [-0.15, -0.1) is 0 Å². The predicted molar refractivity (Wildman–Crippen MR) is 76.4 cm³/mol. The van der Waals surface area contributed by atoms with Crippen LogP contribution in [0, 0.1) is 11.8 Å². The molecule has 1 rings (SSSR count). The molecule has 0 aliphatic heterocycles. The van der Waals surface area contributed by atoms with E-state index in [0.717, 1.165) is 6.54 Å². The van der Waals surface area contributed by atoms with E-state index < -0.39 is 0 Å². The molecule has 17 heavy (non-hydrogen) atoms. The first-order valence-electron chi connectivity index (χ1n) is 6.29. The second-order valence-electron chi connectivity index (χ2n) is 5.12. The summed E-state index contributed by atoms with van der Waals surface area (Å²) < 4.78 is 2.28. The molecule has 0 spiro atoms. The van der Waals surface area contributed by atoms with Crippen LogP contribution in [-0.2, 0) is 6.54 Å². The first-order valence-corrected chi connectivity index (χ1v) is 7.68. The number of aromatic nitrogens is 2. The van der Waals surface area contributed by atoms with Crippen molar-refractivity contribution in [2.75, 3.05) is 18.6 Å². The Morgan fingerprint density at radius 2 is 2.12 bits per heavy atom. The molecular weight excluding hydrogens is 230 g/mol. The molecule has 1 aromatic rings. The van der Waals surface area contributed by atoms with Crippen LogP contribution in [0.5, 0.6) is 0 Å². The molecule has 2 atom stereocenters. The highest BCUT2D eigenvalue weighted by molar-refractivity contribution is 7.98. The standard InChI is InChI=1S/C13H25N3S/c1-10(2)12(5-14)13-6-15-9-16(13)7-11(3)8-17-4/h6,9-12H,5,7-8,14H2,1-4H3. The van der Waals surface area contributed by atoms with Crippen molar-refractivity contribution in [1.82, 2.24) is 9.55 Å². The Kier molecular flexibility index (Phi) is 6.06. The molecule has 0 aliphatic rings. The maximum absolute atomic E-state index is 5.88. The Morgan fingerprint density at radius 3 is 2.65 bits per heavy atom. The molecule has 0 aliphatic carbocycles. The Balaban J connectivity index is 2.77. The fourth-order valence-electron chi connectivity index (χ4n) is 2.20. The average molecular weight is 255 g/mol. The summed E-state index contributed by atoms with van der Waals surface area (Å²) in [5, 5.41) is 0. The molecule has 0 fully saturated rings. The summed E-state index contributed by atoms with van der Waals surface area (Å²) in [4.78, 5) is 4.29. The van der Waals surface area contributed by atoms with E-state index in [1.54, 1.807) is 0 Å². The van der Waals surface area contributed by atoms with Gasteiger partial charge in [0.15, 0.2) is 0 Å². The van der Waals surface area contributed by atoms with Crippen LogP contribution < -0.4 is 5.73 Å². The van der Waals surface area contributed by atoms with E-state index in [2.05, 4.69) is 36.6 Å². The minimum absolute atomic E-state index is 0.416. The Labute approximate surface area is 109 Å². The maximum Gasteiger partial charge on any atom is 0.0948 e. The lowest BCUT2D eigenvalue weighted by Gasteiger charge is -2.22. The highest BCUT2D eigenvalue weighted by Gasteiger charge is 2.18. The fraction of sp³-hybridized carbons (Fsp3) is 0.769. The molecule has 0 bridgehead atoms. The summed E-state index contributed by atoms with van der Waals surface area (Å²) >= 11 is 1.90. The Hall–Kier alpha value is -0.480. The summed E-state index contributed by atoms with van der Waals surface area (Å²) in [6.45, 7) is 8.47. The lowest BCUT2D eigenvalue weighted by atomic mass is 9.93. The summed E-state index contributed by atoms with van der Waals surface area (Å²) in [5.74, 6) is 2.83. The van der Waals surface area contributed by atoms with Crippen LogP contribution >= 0.6 is 11.8 Å². The van der Waals surface area contributed by atoms with Gasteiger partial charge in [-0.1, -0.05) is 20.8 Å². The zero-order valence-corrected chi connectivity index (χ0v) is 12.2. The molecule has 0 saturated heterocycles. The second-order valence-corrected chi connectivity index (χ2v) is 6.03. The third-order valence-electron chi connectivity index (χ3n) is 3.14. The van der Waals surface area contributed by atoms with Crippen molar-refractivity contribution in [3.05, 3.63) is 18.2 Å². The van der Waals surface area contributed by atoms with Crippen molar-refractivity contribution in [2.45, 2.75) is 33.2 Å². The molecule has 1 aromatic heterocycles. The van der Waals surface area contributed by atoms with Crippen LogP contribution in [0.3, 0.4) is 0 Å². The third kappa shape index (κ3) is 4.03. The largest absolute Gasteiger partial charge is 0.334 e. The first-order chi connectivity index (χ1) is 8.10. The fourth-order valence-corrected chi connectivity index (χ4v) is 2.87. The van der Waals surface area contributed by atoms with E-state index in [9.17, 15) is 0 Å². The number of nitrogens with zero attached hydrogens (tertiary/aromatic N) is 2. The van der Waals surface area contributed by atoms with Crippen LogP contribution in [0.2, 0.25) is 0 Å². The summed E-state index contributed by atoms with van der Waals surface area (Å²) in [6.07, 6.45) is 6.07. The summed E-state index contributed by atoms with van der Waals surface area (Å²) in [5.41, 5.74) is 7.17. The van der Waals surface area contributed by atoms with Gasteiger partial charge < -0.3 is 10.3 Å². The lowest BCUT2D eigenvalue weighted by Crippen LogP contribution is -2.22. The van der Waals surface area contributed by atoms with Crippen molar-refractivity contribution in [1.29, 1.82) is 0 Å². The zero-order valence-electron chi connectivity index (χ0n) is 11.4. The van der Waals surface area contributed by atoms with E-state index in [-0.39, 0.29) is 0 Å². The molecular formula is C13H25N3S. The number of rotatable bonds is 7. The highest BCUT2D eigenvalue weighted by Crippen LogP contribution is 2.23. The van der Waals surface area contributed by atoms with Crippen LogP contribution in [-0.4, -0.2) is 28.1 Å². The van der Waals surface area contributed by atoms with Crippen molar-refractivity contribution in [3.63, 3.8) is 0 Å². The van der Waals surface area contributed by atoms with E-state index in [0.29, 0.717) is 24.3 Å².